The van der Waals surface area contributed by atoms with Crippen molar-refractivity contribution in [3.05, 3.63) is 5.82 Å². The maximum atomic E-state index is 5.03. The molecule has 1 aliphatic rings. The molecule has 4 heteroatoms. The topological polar surface area (TPSA) is 51.0 Å². The van der Waals surface area contributed by atoms with Crippen LogP contribution in [0.1, 0.15) is 44.9 Å². The van der Waals surface area contributed by atoms with Gasteiger partial charge in [-0.1, -0.05) is 31.3 Å². The van der Waals surface area contributed by atoms with Gasteiger partial charge in [-0.05, 0) is 31.6 Å². The van der Waals surface area contributed by atoms with Crippen LogP contribution in [-0.4, -0.2) is 16.7 Å². The van der Waals surface area contributed by atoms with Crippen molar-refractivity contribution >= 4 is 6.01 Å². The minimum atomic E-state index is 0.565. The molecule has 1 heterocycles. The number of aryl methyl sites for hydroxylation is 1. The monoisotopic (exact) mass is 223 g/mol. The molecular weight excluding hydrogens is 202 g/mol. The van der Waals surface area contributed by atoms with E-state index in [1.54, 1.807) is 0 Å². The summed E-state index contributed by atoms with van der Waals surface area (Å²) < 4.78 is 5.03. The standard InChI is InChI=1S/C12H21N3O/c1-3-10-4-6-11(7-5-10)8-13-12-14-9(2)15-16-12/h10-11H,3-8H2,1-2H3,(H,13,14,15). The second-order valence-electron chi connectivity index (χ2n) is 4.82. The third kappa shape index (κ3) is 2.97. The van der Waals surface area contributed by atoms with E-state index >= 15 is 0 Å². The Labute approximate surface area is 96.8 Å². The van der Waals surface area contributed by atoms with E-state index in [-0.39, 0.29) is 0 Å². The molecule has 0 aliphatic heterocycles. The molecular formula is C12H21N3O. The van der Waals surface area contributed by atoms with Crippen molar-refractivity contribution in [3.8, 4) is 0 Å². The zero-order chi connectivity index (χ0) is 11.4. The van der Waals surface area contributed by atoms with Crippen LogP contribution in [0.2, 0.25) is 0 Å². The van der Waals surface area contributed by atoms with Crippen molar-refractivity contribution in [2.24, 2.45) is 11.8 Å². The lowest BCUT2D eigenvalue weighted by atomic mass is 9.81. The molecule has 0 bridgehead atoms. The van der Waals surface area contributed by atoms with Gasteiger partial charge in [0, 0.05) is 6.54 Å². The van der Waals surface area contributed by atoms with E-state index in [0.717, 1.165) is 18.4 Å². The fraction of sp³-hybridized carbons (Fsp3) is 0.833. The molecule has 0 saturated heterocycles. The van der Waals surface area contributed by atoms with E-state index in [1.165, 1.54) is 32.1 Å². The molecule has 4 nitrogen and oxygen atoms in total. The lowest BCUT2D eigenvalue weighted by Gasteiger charge is -2.27. The summed E-state index contributed by atoms with van der Waals surface area (Å²) in [5, 5.41) is 6.98. The molecule has 1 fully saturated rings. The number of hydrogen-bond donors (Lipinski definition) is 1. The van der Waals surface area contributed by atoms with Gasteiger partial charge in [0.1, 0.15) is 0 Å². The van der Waals surface area contributed by atoms with Crippen LogP contribution in [-0.2, 0) is 0 Å². The largest absolute Gasteiger partial charge is 0.337 e. The van der Waals surface area contributed by atoms with Gasteiger partial charge in [-0.2, -0.15) is 4.98 Å². The Bertz CT molecular complexity index is 316. The van der Waals surface area contributed by atoms with Gasteiger partial charge in [0.2, 0.25) is 0 Å². The quantitative estimate of drug-likeness (QED) is 0.852. The van der Waals surface area contributed by atoms with Crippen LogP contribution < -0.4 is 5.32 Å². The molecule has 0 unspecified atom stereocenters. The summed E-state index contributed by atoms with van der Waals surface area (Å²) in [6.45, 7) is 5.10. The Hall–Kier alpha value is -1.06. The Kier molecular flexibility index (Phi) is 3.80. The van der Waals surface area contributed by atoms with E-state index in [9.17, 15) is 0 Å². The molecule has 2 rings (SSSR count). The smallest absolute Gasteiger partial charge is 0.321 e. The van der Waals surface area contributed by atoms with Crippen molar-refractivity contribution in [1.82, 2.24) is 10.1 Å². The minimum absolute atomic E-state index is 0.565. The third-order valence-electron chi connectivity index (χ3n) is 3.61. The molecule has 0 atom stereocenters. The van der Waals surface area contributed by atoms with Crippen LogP contribution in [0.15, 0.2) is 4.52 Å². The first kappa shape index (κ1) is 11.4. The summed E-state index contributed by atoms with van der Waals surface area (Å²) in [4.78, 5) is 4.14. The molecule has 0 amide bonds. The molecule has 16 heavy (non-hydrogen) atoms. The Morgan fingerprint density at radius 3 is 2.50 bits per heavy atom. The molecule has 1 aromatic rings. The van der Waals surface area contributed by atoms with Crippen molar-refractivity contribution in [2.45, 2.75) is 46.0 Å². The first-order valence-electron chi connectivity index (χ1n) is 6.32. The average molecular weight is 223 g/mol. The van der Waals surface area contributed by atoms with Crippen LogP contribution in [0.25, 0.3) is 0 Å². The molecule has 1 aliphatic carbocycles. The Morgan fingerprint density at radius 1 is 1.25 bits per heavy atom. The SMILES string of the molecule is CCC1CCC(CNc2nc(C)no2)CC1. The predicted molar refractivity (Wildman–Crippen MR) is 63.3 cm³/mol. The Balaban J connectivity index is 1.71. The van der Waals surface area contributed by atoms with Gasteiger partial charge in [-0.3, -0.25) is 0 Å². The van der Waals surface area contributed by atoms with E-state index < -0.39 is 0 Å². The van der Waals surface area contributed by atoms with Gasteiger partial charge >= 0.3 is 6.01 Å². The molecule has 90 valence electrons. The highest BCUT2D eigenvalue weighted by atomic mass is 16.5. The Morgan fingerprint density at radius 2 is 1.94 bits per heavy atom. The highest BCUT2D eigenvalue weighted by Gasteiger charge is 2.20. The summed E-state index contributed by atoms with van der Waals surface area (Å²) in [6, 6.07) is 0.565. The van der Waals surface area contributed by atoms with E-state index in [4.69, 9.17) is 4.52 Å². The highest BCUT2D eigenvalue weighted by molar-refractivity contribution is 5.17. The molecule has 0 radical (unpaired) electrons. The predicted octanol–water partition coefficient (Wildman–Crippen LogP) is 3.01. The third-order valence-corrected chi connectivity index (χ3v) is 3.61. The van der Waals surface area contributed by atoms with Crippen LogP contribution in [0, 0.1) is 18.8 Å². The lowest BCUT2D eigenvalue weighted by Crippen LogP contribution is -2.21. The fourth-order valence-electron chi connectivity index (χ4n) is 2.44. The summed E-state index contributed by atoms with van der Waals surface area (Å²) >= 11 is 0. The molecule has 1 aromatic heterocycles. The van der Waals surface area contributed by atoms with Crippen LogP contribution >= 0.6 is 0 Å². The molecule has 1 saturated carbocycles. The first-order valence-corrected chi connectivity index (χ1v) is 6.32. The number of aromatic nitrogens is 2. The summed E-state index contributed by atoms with van der Waals surface area (Å²) in [5.74, 6) is 2.43. The van der Waals surface area contributed by atoms with Crippen molar-refractivity contribution in [2.75, 3.05) is 11.9 Å². The van der Waals surface area contributed by atoms with Gasteiger partial charge < -0.3 is 9.84 Å². The summed E-state index contributed by atoms with van der Waals surface area (Å²) in [7, 11) is 0. The maximum absolute atomic E-state index is 5.03. The maximum Gasteiger partial charge on any atom is 0.321 e. The number of nitrogens with one attached hydrogen (secondary N) is 1. The normalized spacial score (nSPS) is 25.6. The van der Waals surface area contributed by atoms with Crippen LogP contribution in [0.5, 0.6) is 0 Å². The summed E-state index contributed by atoms with van der Waals surface area (Å²) in [5.41, 5.74) is 0. The van der Waals surface area contributed by atoms with Gasteiger partial charge in [-0.25, -0.2) is 0 Å². The number of anilines is 1. The zero-order valence-corrected chi connectivity index (χ0v) is 10.2. The van der Waals surface area contributed by atoms with E-state index in [0.29, 0.717) is 11.8 Å². The average Bonchev–Trinajstić information content (AvgIpc) is 2.73. The first-order chi connectivity index (χ1) is 7.78. The van der Waals surface area contributed by atoms with Gasteiger partial charge in [0.05, 0.1) is 0 Å². The van der Waals surface area contributed by atoms with Crippen molar-refractivity contribution in [3.63, 3.8) is 0 Å². The highest BCUT2D eigenvalue weighted by Crippen LogP contribution is 2.30. The molecule has 1 N–H and O–H groups in total. The number of rotatable bonds is 4. The molecule has 0 aromatic carbocycles. The van der Waals surface area contributed by atoms with Gasteiger partial charge in [0.25, 0.3) is 0 Å². The lowest BCUT2D eigenvalue weighted by molar-refractivity contribution is 0.276. The van der Waals surface area contributed by atoms with E-state index in [1.807, 2.05) is 6.92 Å². The van der Waals surface area contributed by atoms with Gasteiger partial charge in [0.15, 0.2) is 5.82 Å². The zero-order valence-electron chi connectivity index (χ0n) is 10.2. The van der Waals surface area contributed by atoms with Gasteiger partial charge in [-0.15, -0.1) is 0 Å². The van der Waals surface area contributed by atoms with Crippen molar-refractivity contribution in [1.29, 1.82) is 0 Å². The van der Waals surface area contributed by atoms with Crippen LogP contribution in [0.3, 0.4) is 0 Å². The minimum Gasteiger partial charge on any atom is -0.337 e. The number of nitrogens with zero attached hydrogens (tertiary/aromatic N) is 2. The fourth-order valence-corrected chi connectivity index (χ4v) is 2.44. The molecule has 0 spiro atoms. The summed E-state index contributed by atoms with van der Waals surface area (Å²) in [6.07, 6.45) is 6.76. The second kappa shape index (κ2) is 5.32. The second-order valence-corrected chi connectivity index (χ2v) is 4.82. The van der Waals surface area contributed by atoms with Crippen molar-refractivity contribution < 1.29 is 4.52 Å². The number of hydrogen-bond acceptors (Lipinski definition) is 4. The van der Waals surface area contributed by atoms with Crippen LogP contribution in [0.4, 0.5) is 6.01 Å². The van der Waals surface area contributed by atoms with E-state index in [2.05, 4.69) is 22.4 Å².